The number of fused-ring (bicyclic) bond motifs is 1. The van der Waals surface area contributed by atoms with Gasteiger partial charge in [-0.1, -0.05) is 23.7 Å². The van der Waals surface area contributed by atoms with E-state index in [9.17, 15) is 0 Å². The first-order valence-corrected chi connectivity index (χ1v) is 11.8. The number of guanidine groups is 1. The molecular weight excluding hydrogens is 482 g/mol. The number of aromatic nitrogens is 3. The Labute approximate surface area is 214 Å². The third kappa shape index (κ3) is 6.46. The number of hydrogen-bond donors (Lipinski definition) is 4. The minimum absolute atomic E-state index is 0.351. The lowest BCUT2D eigenvalue weighted by molar-refractivity contribution is 0.417. The number of ether oxygens (including phenoxy) is 1. The van der Waals surface area contributed by atoms with Crippen LogP contribution in [0.15, 0.2) is 59.7 Å². The fourth-order valence-corrected chi connectivity index (χ4v) is 4.03. The van der Waals surface area contributed by atoms with Crippen molar-refractivity contribution in [2.45, 2.75) is 20.3 Å². The van der Waals surface area contributed by atoms with Crippen molar-refractivity contribution in [3.8, 4) is 5.75 Å². The first kappa shape index (κ1) is 24.4. The molecule has 0 saturated carbocycles. The lowest BCUT2D eigenvalue weighted by Gasteiger charge is -2.15. The normalized spacial score (nSPS) is 11.4. The molecule has 0 spiro atoms. The third-order valence-corrected chi connectivity index (χ3v) is 5.62. The fourth-order valence-electron chi connectivity index (χ4n) is 3.65. The first-order chi connectivity index (χ1) is 16.9. The van der Waals surface area contributed by atoms with Crippen LogP contribution in [-0.2, 0) is 6.42 Å². The summed E-state index contributed by atoms with van der Waals surface area (Å²) >= 11 is 11.7. The van der Waals surface area contributed by atoms with Gasteiger partial charge in [-0.3, -0.25) is 10.3 Å². The molecule has 8 nitrogen and oxygen atoms in total. The van der Waals surface area contributed by atoms with Gasteiger partial charge in [0.2, 0.25) is 11.9 Å². The summed E-state index contributed by atoms with van der Waals surface area (Å²) in [6, 6.07) is 15.2. The summed E-state index contributed by atoms with van der Waals surface area (Å²) in [4.78, 5) is 16.9. The van der Waals surface area contributed by atoms with Crippen LogP contribution in [0, 0.1) is 13.8 Å². The number of hydrogen-bond acceptors (Lipinski definition) is 5. The molecular formula is C25H26ClN7OS. The van der Waals surface area contributed by atoms with Crippen molar-refractivity contribution in [1.29, 1.82) is 0 Å². The summed E-state index contributed by atoms with van der Waals surface area (Å²) < 4.78 is 5.39. The maximum atomic E-state index is 6.19. The molecule has 180 valence electrons. The number of para-hydroxylation sites is 2. The van der Waals surface area contributed by atoms with Crippen molar-refractivity contribution >= 4 is 57.4 Å². The predicted molar refractivity (Wildman–Crippen MR) is 147 cm³/mol. The van der Waals surface area contributed by atoms with Crippen LogP contribution in [0.25, 0.3) is 10.9 Å². The van der Waals surface area contributed by atoms with Crippen molar-refractivity contribution in [2.24, 2.45) is 4.99 Å². The number of benzene rings is 2. The number of nitrogens with one attached hydrogen (secondary N) is 4. The van der Waals surface area contributed by atoms with E-state index in [2.05, 4.69) is 30.9 Å². The first-order valence-electron chi connectivity index (χ1n) is 11.0. The number of rotatable bonds is 6. The van der Waals surface area contributed by atoms with Crippen LogP contribution in [0.4, 0.5) is 11.6 Å². The standard InChI is InChI=1S/C25H26ClN7OS/c1-15-12-16(2)30-24(29-15)32-23(33-25(35)31-21-6-4-5-7-22(21)34-3)27-11-10-17-14-28-20-9-8-18(26)13-19(17)20/h4-9,12-14,28H,10-11H2,1-3H3,(H3,27,29,30,31,32,33,35). The maximum absolute atomic E-state index is 6.19. The summed E-state index contributed by atoms with van der Waals surface area (Å²) in [5, 5.41) is 11.6. The molecule has 2 aromatic heterocycles. The lowest BCUT2D eigenvalue weighted by atomic mass is 10.1. The quantitative estimate of drug-likeness (QED) is 0.161. The molecule has 0 fully saturated rings. The number of aromatic amines is 1. The topological polar surface area (TPSA) is 99.2 Å². The molecule has 10 heteroatoms. The van der Waals surface area contributed by atoms with Crippen molar-refractivity contribution in [3.05, 3.63) is 76.7 Å². The van der Waals surface area contributed by atoms with E-state index in [0.717, 1.165) is 33.5 Å². The van der Waals surface area contributed by atoms with Gasteiger partial charge in [0, 0.05) is 40.1 Å². The molecule has 4 aromatic rings. The molecule has 0 aliphatic carbocycles. The van der Waals surface area contributed by atoms with Gasteiger partial charge in [0.15, 0.2) is 5.11 Å². The minimum Gasteiger partial charge on any atom is -0.495 e. The molecule has 0 atom stereocenters. The Morgan fingerprint density at radius 3 is 2.63 bits per heavy atom. The molecule has 2 aromatic carbocycles. The van der Waals surface area contributed by atoms with Crippen LogP contribution >= 0.6 is 23.8 Å². The van der Waals surface area contributed by atoms with E-state index < -0.39 is 0 Å². The Bertz CT molecular complexity index is 1370. The number of thiocarbonyl (C=S) groups is 1. The number of aryl methyl sites for hydroxylation is 2. The Balaban J connectivity index is 1.52. The average Bonchev–Trinajstić information content (AvgIpc) is 3.20. The second kappa shape index (κ2) is 11.2. The van der Waals surface area contributed by atoms with E-state index in [4.69, 9.17) is 33.5 Å². The van der Waals surface area contributed by atoms with Crippen LogP contribution in [0.3, 0.4) is 0 Å². The summed E-state index contributed by atoms with van der Waals surface area (Å²) in [5.74, 6) is 1.55. The molecule has 0 saturated heterocycles. The lowest BCUT2D eigenvalue weighted by Crippen LogP contribution is -2.39. The summed E-state index contributed by atoms with van der Waals surface area (Å²) in [6.07, 6.45) is 2.69. The highest BCUT2D eigenvalue weighted by Gasteiger charge is 2.10. The molecule has 0 radical (unpaired) electrons. The van der Waals surface area contributed by atoms with Crippen molar-refractivity contribution in [2.75, 3.05) is 24.3 Å². The van der Waals surface area contributed by atoms with Gasteiger partial charge >= 0.3 is 0 Å². The molecule has 0 aliphatic heterocycles. The van der Waals surface area contributed by atoms with E-state index in [0.29, 0.717) is 40.8 Å². The molecule has 35 heavy (non-hydrogen) atoms. The van der Waals surface area contributed by atoms with Crippen LogP contribution in [-0.4, -0.2) is 39.7 Å². The van der Waals surface area contributed by atoms with Gasteiger partial charge < -0.3 is 20.4 Å². The highest BCUT2D eigenvalue weighted by Crippen LogP contribution is 2.23. The maximum Gasteiger partial charge on any atom is 0.229 e. The number of anilines is 2. The van der Waals surface area contributed by atoms with Crippen LogP contribution in [0.2, 0.25) is 5.02 Å². The number of methoxy groups -OCH3 is 1. The third-order valence-electron chi connectivity index (χ3n) is 5.18. The van der Waals surface area contributed by atoms with E-state index in [1.807, 2.05) is 68.6 Å². The average molecular weight is 508 g/mol. The summed E-state index contributed by atoms with van der Waals surface area (Å²) in [7, 11) is 1.61. The molecule has 4 rings (SSSR count). The van der Waals surface area contributed by atoms with Gasteiger partial charge in [-0.2, -0.15) is 0 Å². The zero-order chi connectivity index (χ0) is 24.8. The molecule has 4 N–H and O–H groups in total. The Kier molecular flexibility index (Phi) is 7.79. The van der Waals surface area contributed by atoms with Crippen molar-refractivity contribution in [1.82, 2.24) is 20.3 Å². The largest absolute Gasteiger partial charge is 0.495 e. The fraction of sp³-hybridized carbons (Fsp3) is 0.200. The number of nitrogens with zero attached hydrogens (tertiary/aromatic N) is 3. The smallest absolute Gasteiger partial charge is 0.229 e. The van der Waals surface area contributed by atoms with Crippen LogP contribution < -0.4 is 20.7 Å². The zero-order valence-corrected chi connectivity index (χ0v) is 21.2. The van der Waals surface area contributed by atoms with Crippen LogP contribution in [0.5, 0.6) is 5.75 Å². The van der Waals surface area contributed by atoms with E-state index in [1.54, 1.807) is 7.11 Å². The van der Waals surface area contributed by atoms with Crippen LogP contribution in [0.1, 0.15) is 17.0 Å². The predicted octanol–water partition coefficient (Wildman–Crippen LogP) is 5.23. The van der Waals surface area contributed by atoms with Crippen molar-refractivity contribution in [3.63, 3.8) is 0 Å². The molecule has 2 heterocycles. The van der Waals surface area contributed by atoms with E-state index >= 15 is 0 Å². The van der Waals surface area contributed by atoms with Gasteiger partial charge in [0.25, 0.3) is 0 Å². The number of H-pyrrole nitrogens is 1. The monoisotopic (exact) mass is 507 g/mol. The number of aliphatic imine (C=N–C) groups is 1. The minimum atomic E-state index is 0.351. The van der Waals surface area contributed by atoms with Gasteiger partial charge in [0.1, 0.15) is 5.75 Å². The number of halogens is 1. The van der Waals surface area contributed by atoms with Gasteiger partial charge in [0.05, 0.1) is 12.8 Å². The summed E-state index contributed by atoms with van der Waals surface area (Å²) in [6.45, 7) is 4.33. The summed E-state index contributed by atoms with van der Waals surface area (Å²) in [5.41, 5.74) is 4.61. The Morgan fingerprint density at radius 1 is 1.09 bits per heavy atom. The Morgan fingerprint density at radius 2 is 1.86 bits per heavy atom. The van der Waals surface area contributed by atoms with Gasteiger partial charge in [-0.05, 0) is 74.4 Å². The second-order valence-electron chi connectivity index (χ2n) is 7.86. The molecule has 0 aliphatic rings. The zero-order valence-electron chi connectivity index (χ0n) is 19.6. The van der Waals surface area contributed by atoms with Crippen molar-refractivity contribution < 1.29 is 4.74 Å². The highest BCUT2D eigenvalue weighted by molar-refractivity contribution is 7.80. The molecule has 0 bridgehead atoms. The Hall–Kier alpha value is -3.69. The molecule has 0 amide bonds. The van der Waals surface area contributed by atoms with Gasteiger partial charge in [-0.15, -0.1) is 0 Å². The van der Waals surface area contributed by atoms with E-state index in [1.165, 1.54) is 0 Å². The highest BCUT2D eigenvalue weighted by atomic mass is 35.5. The van der Waals surface area contributed by atoms with Gasteiger partial charge in [-0.25, -0.2) is 9.97 Å². The SMILES string of the molecule is COc1ccccc1NC(=S)NC(=NCCc1c[nH]c2ccc(Cl)cc12)Nc1nc(C)cc(C)n1. The van der Waals surface area contributed by atoms with E-state index in [-0.39, 0.29) is 0 Å². The second-order valence-corrected chi connectivity index (χ2v) is 8.71. The molecule has 0 unspecified atom stereocenters.